The Hall–Kier alpha value is -3.15. The molecule has 6 heteroatoms. The second-order valence-corrected chi connectivity index (χ2v) is 6.05. The molecule has 6 nitrogen and oxygen atoms in total. The van der Waals surface area contributed by atoms with Crippen molar-refractivity contribution in [3.63, 3.8) is 0 Å². The van der Waals surface area contributed by atoms with Crippen LogP contribution in [0.2, 0.25) is 0 Å². The number of urea groups is 1. The summed E-state index contributed by atoms with van der Waals surface area (Å²) < 4.78 is 0. The number of nitrogens with zero attached hydrogens (tertiary/aromatic N) is 1. The number of aryl methyl sites for hydroxylation is 1. The summed E-state index contributed by atoms with van der Waals surface area (Å²) in [7, 11) is 0. The largest absolute Gasteiger partial charge is 0.344 e. The lowest BCUT2D eigenvalue weighted by Gasteiger charge is -2.22. The Morgan fingerprint density at radius 1 is 1.08 bits per heavy atom. The lowest BCUT2D eigenvalue weighted by Crippen LogP contribution is -2.47. The molecule has 2 aromatic carbocycles. The first kappa shape index (κ1) is 16.7. The Kier molecular flexibility index (Phi) is 4.27. The van der Waals surface area contributed by atoms with Crippen LogP contribution in [0, 0.1) is 0 Å². The second-order valence-electron chi connectivity index (χ2n) is 6.05. The van der Waals surface area contributed by atoms with Crippen LogP contribution in [0.3, 0.4) is 0 Å². The van der Waals surface area contributed by atoms with Crippen molar-refractivity contribution in [3.8, 4) is 0 Å². The van der Waals surface area contributed by atoms with Gasteiger partial charge in [-0.2, -0.15) is 5.01 Å². The molecule has 0 spiro atoms. The summed E-state index contributed by atoms with van der Waals surface area (Å²) in [5.74, 6) is -1.04. The number of amides is 4. The smallest absolute Gasteiger partial charge is 0.318 e. The Bertz CT molecular complexity index is 818. The Balaban J connectivity index is 1.80. The molecule has 3 rings (SSSR count). The van der Waals surface area contributed by atoms with E-state index < -0.39 is 23.4 Å². The number of imide groups is 1. The highest BCUT2D eigenvalue weighted by atomic mass is 16.2. The van der Waals surface area contributed by atoms with Gasteiger partial charge in [-0.1, -0.05) is 49.4 Å². The minimum Gasteiger partial charge on any atom is -0.318 e. The maximum absolute atomic E-state index is 12.7. The van der Waals surface area contributed by atoms with Crippen LogP contribution in [0.15, 0.2) is 54.6 Å². The fourth-order valence-electron chi connectivity index (χ4n) is 2.77. The topological polar surface area (TPSA) is 78.5 Å². The number of carbonyl (C=O) groups excluding carboxylic acids is 3. The van der Waals surface area contributed by atoms with Crippen molar-refractivity contribution < 1.29 is 14.4 Å². The molecular formula is C19H19N3O3. The van der Waals surface area contributed by atoms with Gasteiger partial charge >= 0.3 is 6.03 Å². The number of nitrogens with one attached hydrogen (secondary N) is 2. The number of hydrogen-bond acceptors (Lipinski definition) is 3. The molecule has 1 saturated heterocycles. The first-order chi connectivity index (χ1) is 12.0. The van der Waals surface area contributed by atoms with E-state index in [4.69, 9.17) is 0 Å². The van der Waals surface area contributed by atoms with Crippen molar-refractivity contribution in [2.75, 3.05) is 0 Å². The molecule has 0 aromatic heterocycles. The minimum atomic E-state index is -1.21. The van der Waals surface area contributed by atoms with Gasteiger partial charge in [-0.3, -0.25) is 15.0 Å². The third-order valence-corrected chi connectivity index (χ3v) is 4.38. The van der Waals surface area contributed by atoms with Gasteiger partial charge in [-0.25, -0.2) is 4.79 Å². The summed E-state index contributed by atoms with van der Waals surface area (Å²) in [5.41, 5.74) is 3.31. The lowest BCUT2D eigenvalue weighted by molar-refractivity contribution is -0.132. The van der Waals surface area contributed by atoms with Gasteiger partial charge in [-0.15, -0.1) is 0 Å². The first-order valence-corrected chi connectivity index (χ1v) is 8.08. The highest BCUT2D eigenvalue weighted by Crippen LogP contribution is 2.27. The van der Waals surface area contributed by atoms with Crippen LogP contribution in [0.25, 0.3) is 0 Å². The zero-order valence-electron chi connectivity index (χ0n) is 14.1. The van der Waals surface area contributed by atoms with Gasteiger partial charge in [0, 0.05) is 5.56 Å². The molecule has 128 valence electrons. The normalized spacial score (nSPS) is 19.7. The Morgan fingerprint density at radius 2 is 1.72 bits per heavy atom. The SMILES string of the molecule is CCc1ccc(C(=O)NN2C(=O)N[C@@](C)(c3ccccc3)C2=O)cc1. The number of hydrazine groups is 1. The van der Waals surface area contributed by atoms with E-state index in [1.807, 2.05) is 25.1 Å². The zero-order chi connectivity index (χ0) is 18.0. The van der Waals surface area contributed by atoms with Gasteiger partial charge < -0.3 is 5.32 Å². The molecule has 4 amide bonds. The van der Waals surface area contributed by atoms with Crippen molar-refractivity contribution in [3.05, 3.63) is 71.3 Å². The fourth-order valence-corrected chi connectivity index (χ4v) is 2.77. The molecular weight excluding hydrogens is 318 g/mol. The van der Waals surface area contributed by atoms with Gasteiger partial charge in [0.1, 0.15) is 5.54 Å². The standard InChI is InChI=1S/C19H19N3O3/c1-3-13-9-11-14(12-10-13)16(23)21-22-17(24)19(2,20-18(22)25)15-7-5-4-6-8-15/h4-12H,3H2,1-2H3,(H,20,25)(H,21,23)/t19-/m0/s1. The van der Waals surface area contributed by atoms with E-state index in [-0.39, 0.29) is 0 Å². The molecule has 0 aliphatic carbocycles. The van der Waals surface area contributed by atoms with Crippen molar-refractivity contribution in [2.45, 2.75) is 25.8 Å². The molecule has 2 aromatic rings. The van der Waals surface area contributed by atoms with Crippen LogP contribution in [-0.4, -0.2) is 22.9 Å². The summed E-state index contributed by atoms with van der Waals surface area (Å²) in [6.45, 7) is 3.64. The maximum atomic E-state index is 12.7. The molecule has 0 saturated carbocycles. The van der Waals surface area contributed by atoms with E-state index in [0.29, 0.717) is 11.1 Å². The Morgan fingerprint density at radius 3 is 2.32 bits per heavy atom. The van der Waals surface area contributed by atoms with Crippen LogP contribution in [0.5, 0.6) is 0 Å². The van der Waals surface area contributed by atoms with Gasteiger partial charge in [0.2, 0.25) is 0 Å². The van der Waals surface area contributed by atoms with Crippen LogP contribution in [0.4, 0.5) is 4.79 Å². The van der Waals surface area contributed by atoms with Gasteiger partial charge in [0.25, 0.3) is 11.8 Å². The number of rotatable bonds is 4. The molecule has 0 unspecified atom stereocenters. The first-order valence-electron chi connectivity index (χ1n) is 8.08. The van der Waals surface area contributed by atoms with E-state index in [1.165, 1.54) is 0 Å². The van der Waals surface area contributed by atoms with Crippen LogP contribution in [0.1, 0.15) is 35.3 Å². The predicted molar refractivity (Wildman–Crippen MR) is 92.5 cm³/mol. The number of carbonyl (C=O) groups is 3. The highest BCUT2D eigenvalue weighted by molar-refractivity contribution is 6.09. The zero-order valence-corrected chi connectivity index (χ0v) is 14.1. The summed E-state index contributed by atoms with van der Waals surface area (Å²) in [6, 6.07) is 15.3. The molecule has 1 atom stereocenters. The van der Waals surface area contributed by atoms with Crippen molar-refractivity contribution >= 4 is 17.8 Å². The van der Waals surface area contributed by atoms with Crippen LogP contribution in [-0.2, 0) is 16.8 Å². The van der Waals surface area contributed by atoms with Crippen molar-refractivity contribution in [1.82, 2.24) is 15.8 Å². The highest BCUT2D eigenvalue weighted by Gasteiger charge is 2.49. The summed E-state index contributed by atoms with van der Waals surface area (Å²) >= 11 is 0. The summed E-state index contributed by atoms with van der Waals surface area (Å²) in [5, 5.41) is 3.38. The number of hydrogen-bond donors (Lipinski definition) is 2. The van der Waals surface area contributed by atoms with E-state index in [1.54, 1.807) is 43.3 Å². The third kappa shape index (κ3) is 2.98. The monoisotopic (exact) mass is 337 g/mol. The van der Waals surface area contributed by atoms with Crippen molar-refractivity contribution in [1.29, 1.82) is 0 Å². The summed E-state index contributed by atoms with van der Waals surface area (Å²) in [4.78, 5) is 37.3. The molecule has 2 N–H and O–H groups in total. The van der Waals surface area contributed by atoms with E-state index in [2.05, 4.69) is 10.7 Å². The summed E-state index contributed by atoms with van der Waals surface area (Å²) in [6.07, 6.45) is 0.865. The predicted octanol–water partition coefficient (Wildman–Crippen LogP) is 2.36. The third-order valence-electron chi connectivity index (χ3n) is 4.38. The van der Waals surface area contributed by atoms with Gasteiger partial charge in [0.05, 0.1) is 0 Å². The van der Waals surface area contributed by atoms with Crippen LogP contribution >= 0.6 is 0 Å². The molecule has 1 aliphatic rings. The van der Waals surface area contributed by atoms with Crippen molar-refractivity contribution in [2.24, 2.45) is 0 Å². The molecule has 0 bridgehead atoms. The second kappa shape index (κ2) is 6.39. The lowest BCUT2D eigenvalue weighted by atomic mass is 9.92. The maximum Gasteiger partial charge on any atom is 0.344 e. The number of benzene rings is 2. The van der Waals surface area contributed by atoms with E-state index in [0.717, 1.165) is 17.0 Å². The molecule has 1 heterocycles. The van der Waals surface area contributed by atoms with E-state index >= 15 is 0 Å². The average Bonchev–Trinajstić information content (AvgIpc) is 2.86. The molecule has 0 radical (unpaired) electrons. The van der Waals surface area contributed by atoms with E-state index in [9.17, 15) is 14.4 Å². The van der Waals surface area contributed by atoms with Crippen LogP contribution < -0.4 is 10.7 Å². The van der Waals surface area contributed by atoms with Gasteiger partial charge in [-0.05, 0) is 36.6 Å². The quantitative estimate of drug-likeness (QED) is 0.841. The minimum absolute atomic E-state index is 0.381. The molecule has 1 fully saturated rings. The van der Waals surface area contributed by atoms with Gasteiger partial charge in [0.15, 0.2) is 0 Å². The average molecular weight is 337 g/mol. The Labute approximate surface area is 145 Å². The molecule has 1 aliphatic heterocycles. The molecule has 25 heavy (non-hydrogen) atoms. The fraction of sp³-hybridized carbons (Fsp3) is 0.211.